The highest BCUT2D eigenvalue weighted by molar-refractivity contribution is 5.46. The van der Waals surface area contributed by atoms with Gasteiger partial charge in [0, 0.05) is 31.7 Å². The first-order valence-electron chi connectivity index (χ1n) is 10.4. The normalized spacial score (nSPS) is 17.6. The van der Waals surface area contributed by atoms with Gasteiger partial charge in [-0.15, -0.1) is 10.2 Å². The van der Waals surface area contributed by atoms with Crippen LogP contribution in [0.1, 0.15) is 18.7 Å². The van der Waals surface area contributed by atoms with E-state index in [0.29, 0.717) is 30.5 Å². The van der Waals surface area contributed by atoms with E-state index in [1.807, 2.05) is 22.8 Å². The molecule has 4 rings (SSSR count). The molecule has 0 aliphatic carbocycles. The van der Waals surface area contributed by atoms with Crippen LogP contribution in [0.2, 0.25) is 0 Å². The molecule has 4 heterocycles. The Bertz CT molecular complexity index is 1070. The second-order valence-electron chi connectivity index (χ2n) is 7.81. The third-order valence-electron chi connectivity index (χ3n) is 6.02. The molecule has 9 nitrogen and oxygen atoms in total. The van der Waals surface area contributed by atoms with Gasteiger partial charge in [-0.3, -0.25) is 4.57 Å². The van der Waals surface area contributed by atoms with E-state index >= 15 is 0 Å². The van der Waals surface area contributed by atoms with Gasteiger partial charge in [-0.2, -0.15) is 5.26 Å². The largest absolute Gasteiger partial charge is 0.500 e. The molecule has 1 saturated heterocycles. The lowest BCUT2D eigenvalue weighted by molar-refractivity contribution is 0.156. The number of rotatable bonds is 7. The van der Waals surface area contributed by atoms with Crippen LogP contribution < -0.4 is 9.64 Å². The van der Waals surface area contributed by atoms with Crippen LogP contribution in [0.15, 0.2) is 54.5 Å². The van der Waals surface area contributed by atoms with Crippen LogP contribution in [0.4, 0.5) is 5.95 Å². The minimum absolute atomic E-state index is 0.108. The molecule has 32 heavy (non-hydrogen) atoms. The summed E-state index contributed by atoms with van der Waals surface area (Å²) in [5, 5.41) is 18.1. The fourth-order valence-electron chi connectivity index (χ4n) is 4.18. The third kappa shape index (κ3) is 3.97. The predicted octanol–water partition coefficient (Wildman–Crippen LogP) is 2.95. The summed E-state index contributed by atoms with van der Waals surface area (Å²) < 4.78 is 18.2. The fraction of sp³-hybridized carbons (Fsp3) is 0.391. The van der Waals surface area contributed by atoms with Crippen molar-refractivity contribution >= 4 is 5.95 Å². The summed E-state index contributed by atoms with van der Waals surface area (Å²) in [6.45, 7) is 6.22. The van der Waals surface area contributed by atoms with Crippen molar-refractivity contribution in [2.75, 3.05) is 38.8 Å². The summed E-state index contributed by atoms with van der Waals surface area (Å²) in [5.41, 5.74) is 2.33. The predicted molar refractivity (Wildman–Crippen MR) is 118 cm³/mol. The van der Waals surface area contributed by atoms with E-state index in [1.54, 1.807) is 32.8 Å². The van der Waals surface area contributed by atoms with E-state index < -0.39 is 0 Å². The first-order valence-corrected chi connectivity index (χ1v) is 10.4. The zero-order chi connectivity index (χ0) is 22.6. The van der Waals surface area contributed by atoms with E-state index in [9.17, 15) is 5.26 Å². The Balaban J connectivity index is 1.59. The molecule has 166 valence electrons. The second-order valence-corrected chi connectivity index (χ2v) is 7.81. The molecule has 1 spiro atoms. The van der Waals surface area contributed by atoms with Crippen LogP contribution >= 0.6 is 0 Å². The fourth-order valence-corrected chi connectivity index (χ4v) is 4.18. The summed E-state index contributed by atoms with van der Waals surface area (Å²) >= 11 is 0. The molecule has 9 heteroatoms. The van der Waals surface area contributed by atoms with Crippen LogP contribution in [-0.2, 0) is 16.1 Å². The average molecular weight is 435 g/mol. The van der Waals surface area contributed by atoms with Crippen molar-refractivity contribution in [1.82, 2.24) is 19.7 Å². The Morgan fingerprint density at radius 1 is 1.31 bits per heavy atom. The first kappa shape index (κ1) is 21.6. The molecule has 1 fully saturated rings. The highest BCUT2D eigenvalue weighted by atomic mass is 16.5. The van der Waals surface area contributed by atoms with Gasteiger partial charge in [0.1, 0.15) is 6.61 Å². The maximum absolute atomic E-state index is 9.27. The minimum Gasteiger partial charge on any atom is -0.500 e. The molecular weight excluding hydrogens is 408 g/mol. The number of nitrogens with zero attached hydrogens (tertiary/aromatic N) is 6. The lowest BCUT2D eigenvalue weighted by Gasteiger charge is -2.39. The van der Waals surface area contributed by atoms with E-state index in [2.05, 4.69) is 32.7 Å². The van der Waals surface area contributed by atoms with Crippen LogP contribution in [0.3, 0.4) is 0 Å². The zero-order valence-corrected chi connectivity index (χ0v) is 18.3. The average Bonchev–Trinajstić information content (AvgIpc) is 3.42. The van der Waals surface area contributed by atoms with E-state index in [0.717, 1.165) is 43.1 Å². The lowest BCUT2D eigenvalue weighted by Crippen LogP contribution is -2.42. The molecular formula is C23H26N6O3. The second kappa shape index (κ2) is 9.24. The third-order valence-corrected chi connectivity index (χ3v) is 6.02. The number of methoxy groups -OCH3 is 2. The van der Waals surface area contributed by atoms with Gasteiger partial charge in [0.25, 0.3) is 0 Å². The number of hydrogen-bond acceptors (Lipinski definition) is 8. The quantitative estimate of drug-likeness (QED) is 0.485. The van der Waals surface area contributed by atoms with Crippen LogP contribution in [0.25, 0.3) is 5.69 Å². The Hall–Kier alpha value is -3.64. The highest BCUT2D eigenvalue weighted by Crippen LogP contribution is 2.44. The molecule has 2 aliphatic heterocycles. The van der Waals surface area contributed by atoms with Crippen molar-refractivity contribution in [1.29, 1.82) is 5.26 Å². The van der Waals surface area contributed by atoms with Crippen LogP contribution in [0, 0.1) is 16.7 Å². The summed E-state index contributed by atoms with van der Waals surface area (Å²) in [5.74, 6) is 2.00. The van der Waals surface area contributed by atoms with Gasteiger partial charge in [0.15, 0.2) is 5.82 Å². The standard InChI is InChI=1S/C23H26N6O3/c1-4-17(12-24)11-18-14-32-16-23(18)7-9-28(10-8-23)22-27-26-20(15-30-2)29(22)19-5-6-21(31-3)25-13-19/h4-6,11,13-14H,1,7-10,15-16H2,2-3H3/b17-11+. The first-order chi connectivity index (χ1) is 15.6. The van der Waals surface area contributed by atoms with Gasteiger partial charge in [0.05, 0.1) is 43.5 Å². The monoisotopic (exact) mass is 434 g/mol. The van der Waals surface area contributed by atoms with E-state index in [-0.39, 0.29) is 5.41 Å². The number of anilines is 1. The van der Waals surface area contributed by atoms with E-state index in [1.165, 1.54) is 0 Å². The molecule has 0 saturated carbocycles. The number of nitriles is 1. The van der Waals surface area contributed by atoms with Gasteiger partial charge < -0.3 is 19.1 Å². The van der Waals surface area contributed by atoms with Crippen molar-refractivity contribution in [2.45, 2.75) is 19.4 Å². The highest BCUT2D eigenvalue weighted by Gasteiger charge is 2.42. The lowest BCUT2D eigenvalue weighted by atomic mass is 9.74. The topological polar surface area (TPSA) is 98.3 Å². The van der Waals surface area contributed by atoms with Crippen molar-refractivity contribution in [3.8, 4) is 17.6 Å². The summed E-state index contributed by atoms with van der Waals surface area (Å²) in [7, 11) is 3.22. The molecule has 0 amide bonds. The molecule has 2 aliphatic rings. The van der Waals surface area contributed by atoms with Crippen LogP contribution in [0.5, 0.6) is 5.88 Å². The van der Waals surface area contributed by atoms with Gasteiger partial charge in [-0.25, -0.2) is 4.98 Å². The molecule has 0 N–H and O–H groups in total. The van der Waals surface area contributed by atoms with Crippen molar-refractivity contribution < 1.29 is 14.2 Å². The molecule has 2 aromatic rings. The Morgan fingerprint density at radius 3 is 2.75 bits per heavy atom. The van der Waals surface area contributed by atoms with Crippen molar-refractivity contribution in [3.05, 3.63) is 60.3 Å². The number of piperidine rings is 1. The van der Waals surface area contributed by atoms with Crippen molar-refractivity contribution in [2.24, 2.45) is 5.41 Å². The molecule has 0 unspecified atom stereocenters. The minimum atomic E-state index is -0.108. The van der Waals surface area contributed by atoms with Crippen molar-refractivity contribution in [3.63, 3.8) is 0 Å². The zero-order valence-electron chi connectivity index (χ0n) is 18.3. The Morgan fingerprint density at radius 2 is 2.12 bits per heavy atom. The Kier molecular flexibility index (Phi) is 6.23. The summed E-state index contributed by atoms with van der Waals surface area (Å²) in [4.78, 5) is 6.55. The number of aromatic nitrogens is 4. The number of ether oxygens (including phenoxy) is 3. The number of pyridine rings is 1. The van der Waals surface area contributed by atoms with Gasteiger partial charge in [0.2, 0.25) is 11.8 Å². The Labute approximate surface area is 187 Å². The molecule has 0 atom stereocenters. The smallest absolute Gasteiger partial charge is 0.232 e. The molecule has 0 aromatic carbocycles. The molecule has 0 bridgehead atoms. The maximum Gasteiger partial charge on any atom is 0.232 e. The maximum atomic E-state index is 9.27. The van der Waals surface area contributed by atoms with Gasteiger partial charge in [-0.05, 0) is 30.6 Å². The van der Waals surface area contributed by atoms with Gasteiger partial charge >= 0.3 is 0 Å². The van der Waals surface area contributed by atoms with Gasteiger partial charge in [-0.1, -0.05) is 12.7 Å². The van der Waals surface area contributed by atoms with Crippen LogP contribution in [-0.4, -0.2) is 53.7 Å². The molecule has 0 radical (unpaired) electrons. The number of allylic oxidation sites excluding steroid dienone is 3. The molecule has 2 aromatic heterocycles. The SMILES string of the molecule is C=C/C(C#N)=C\C1=COCC12CCN(c1nnc(COC)n1-c1ccc(OC)nc1)CC2. The summed E-state index contributed by atoms with van der Waals surface area (Å²) in [6.07, 6.45) is 8.73. The van der Waals surface area contributed by atoms with E-state index in [4.69, 9.17) is 14.2 Å². The summed E-state index contributed by atoms with van der Waals surface area (Å²) in [6, 6.07) is 5.91. The number of hydrogen-bond donors (Lipinski definition) is 0.